The van der Waals surface area contributed by atoms with Gasteiger partial charge in [0.2, 0.25) is 0 Å². The zero-order chi connectivity index (χ0) is 22.3. The smallest absolute Gasteiger partial charge is 0.317 e. The van der Waals surface area contributed by atoms with Gasteiger partial charge in [0, 0.05) is 10.9 Å². The Morgan fingerprint density at radius 3 is 1.83 bits per heavy atom. The van der Waals surface area contributed by atoms with Crippen molar-refractivity contribution >= 4 is 34.8 Å². The number of carbonyl (C=O) groups is 4. The van der Waals surface area contributed by atoms with Crippen LogP contribution in [0.3, 0.4) is 0 Å². The molecular weight excluding hydrogens is 406 g/mol. The van der Waals surface area contributed by atoms with Gasteiger partial charge in [0.05, 0.1) is 29.8 Å². The number of thiazole rings is 1. The first kappa shape index (κ1) is 23.4. The molecule has 0 amide bonds. The van der Waals surface area contributed by atoms with E-state index in [-0.39, 0.29) is 13.2 Å². The van der Waals surface area contributed by atoms with Crippen molar-refractivity contribution in [1.82, 2.24) is 4.98 Å². The second kappa shape index (κ2) is 10.8. The maximum atomic E-state index is 12.7. The van der Waals surface area contributed by atoms with Gasteiger partial charge in [-0.1, -0.05) is 30.3 Å². The summed E-state index contributed by atoms with van der Waals surface area (Å²) in [5.74, 6) is -6.41. The van der Waals surface area contributed by atoms with E-state index in [0.29, 0.717) is 10.7 Å². The molecule has 2 atom stereocenters. The lowest BCUT2D eigenvalue weighted by Crippen LogP contribution is -2.40. The summed E-state index contributed by atoms with van der Waals surface area (Å²) >= 11 is 1.18. The Bertz CT molecular complexity index is 871. The predicted molar refractivity (Wildman–Crippen MR) is 112 cm³/mol. The molecule has 7 nitrogen and oxygen atoms in total. The molecule has 1 aromatic heterocycles. The molecule has 1 heterocycles. The Morgan fingerprint density at radius 1 is 0.900 bits per heavy atom. The molecule has 0 spiro atoms. The first-order chi connectivity index (χ1) is 14.3. The number of carbonyl (C=O) groups excluding carboxylic acids is 4. The van der Waals surface area contributed by atoms with Crippen molar-refractivity contribution in [1.29, 1.82) is 0 Å². The highest BCUT2D eigenvalue weighted by molar-refractivity contribution is 7.10. The highest BCUT2D eigenvalue weighted by Crippen LogP contribution is 2.38. The van der Waals surface area contributed by atoms with Crippen molar-refractivity contribution in [3.05, 3.63) is 40.7 Å². The molecule has 0 saturated heterocycles. The van der Waals surface area contributed by atoms with E-state index in [1.807, 2.05) is 30.3 Å². The number of Topliss-reactive ketones (excluding diaryl/α,β-unsaturated/α-hetero) is 2. The molecule has 160 valence electrons. The van der Waals surface area contributed by atoms with Crippen molar-refractivity contribution in [2.75, 3.05) is 13.2 Å². The number of ketones is 2. The van der Waals surface area contributed by atoms with Crippen LogP contribution in [0.25, 0.3) is 11.3 Å². The minimum absolute atomic E-state index is 0.0621. The molecule has 0 aliphatic heterocycles. The van der Waals surface area contributed by atoms with Gasteiger partial charge in [-0.3, -0.25) is 19.2 Å². The van der Waals surface area contributed by atoms with Crippen molar-refractivity contribution in [3.8, 4) is 11.3 Å². The summed E-state index contributed by atoms with van der Waals surface area (Å²) in [5.41, 5.74) is 1.46. The normalized spacial score (nSPS) is 13.7. The molecule has 2 aromatic rings. The number of hydrogen-bond acceptors (Lipinski definition) is 8. The highest BCUT2D eigenvalue weighted by Gasteiger charge is 2.47. The zero-order valence-corrected chi connectivity index (χ0v) is 18.2. The molecule has 0 saturated carbocycles. The van der Waals surface area contributed by atoms with Gasteiger partial charge in [-0.25, -0.2) is 4.98 Å². The van der Waals surface area contributed by atoms with Crippen LogP contribution in [0.15, 0.2) is 35.7 Å². The van der Waals surface area contributed by atoms with Crippen molar-refractivity contribution in [2.24, 2.45) is 11.8 Å². The third-order valence-electron chi connectivity index (χ3n) is 4.55. The molecule has 0 N–H and O–H groups in total. The van der Waals surface area contributed by atoms with Gasteiger partial charge in [0.15, 0.2) is 0 Å². The molecule has 0 aliphatic rings. The molecule has 0 aliphatic carbocycles. The molecule has 0 bridgehead atoms. The zero-order valence-electron chi connectivity index (χ0n) is 17.4. The Labute approximate surface area is 179 Å². The number of aromatic nitrogens is 1. The van der Waals surface area contributed by atoms with Crippen molar-refractivity contribution < 1.29 is 28.7 Å². The Hall–Kier alpha value is -2.87. The largest absolute Gasteiger partial charge is 0.465 e. The summed E-state index contributed by atoms with van der Waals surface area (Å²) in [7, 11) is 0. The number of benzene rings is 1. The van der Waals surface area contributed by atoms with Crippen molar-refractivity contribution in [2.45, 2.75) is 33.6 Å². The summed E-state index contributed by atoms with van der Waals surface area (Å²) < 4.78 is 10.2. The molecule has 30 heavy (non-hydrogen) atoms. The van der Waals surface area contributed by atoms with Gasteiger partial charge >= 0.3 is 11.9 Å². The third kappa shape index (κ3) is 5.38. The molecule has 0 fully saturated rings. The minimum Gasteiger partial charge on any atom is -0.465 e. The SMILES string of the molecule is CCOC(=O)C(C(C)=O)C(c1nc(-c2ccccc2)cs1)C(C(C)=O)C(=O)OCC. The molecule has 2 rings (SSSR count). The second-order valence-corrected chi connectivity index (χ2v) is 7.53. The second-order valence-electron chi connectivity index (χ2n) is 6.64. The van der Waals surface area contributed by atoms with Crippen LogP contribution in [0.1, 0.15) is 38.6 Å². The number of esters is 2. The maximum absolute atomic E-state index is 12.7. The molecular formula is C22H25NO6S. The van der Waals surface area contributed by atoms with Crippen LogP contribution in [0.2, 0.25) is 0 Å². The molecule has 1 aromatic carbocycles. The Balaban J connectivity index is 2.61. The molecule has 8 heteroatoms. The fourth-order valence-electron chi connectivity index (χ4n) is 3.25. The monoisotopic (exact) mass is 431 g/mol. The van der Waals surface area contributed by atoms with Crippen LogP contribution in [0.4, 0.5) is 0 Å². The van der Waals surface area contributed by atoms with Crippen molar-refractivity contribution in [3.63, 3.8) is 0 Å². The van der Waals surface area contributed by atoms with Gasteiger partial charge in [0.25, 0.3) is 0 Å². The van der Waals surface area contributed by atoms with Crippen LogP contribution in [0.5, 0.6) is 0 Å². The summed E-state index contributed by atoms with van der Waals surface area (Å²) in [5, 5.41) is 2.10. The summed E-state index contributed by atoms with van der Waals surface area (Å²) in [6.45, 7) is 5.84. The van der Waals surface area contributed by atoms with E-state index in [4.69, 9.17) is 9.47 Å². The van der Waals surface area contributed by atoms with Crippen LogP contribution in [0, 0.1) is 11.8 Å². The third-order valence-corrected chi connectivity index (χ3v) is 5.50. The molecule has 0 radical (unpaired) electrons. The van der Waals surface area contributed by atoms with Gasteiger partial charge < -0.3 is 9.47 Å². The quantitative estimate of drug-likeness (QED) is 0.420. The summed E-state index contributed by atoms with van der Waals surface area (Å²) in [6.07, 6.45) is 0. The topological polar surface area (TPSA) is 99.6 Å². The lowest BCUT2D eigenvalue weighted by molar-refractivity contribution is -0.157. The van der Waals surface area contributed by atoms with Crippen LogP contribution >= 0.6 is 11.3 Å². The van der Waals surface area contributed by atoms with Gasteiger partial charge in [0.1, 0.15) is 23.4 Å². The van der Waals surface area contributed by atoms with Gasteiger partial charge in [-0.2, -0.15) is 0 Å². The van der Waals surface area contributed by atoms with E-state index in [9.17, 15) is 19.2 Å². The first-order valence-electron chi connectivity index (χ1n) is 9.66. The van der Waals surface area contributed by atoms with Crippen LogP contribution < -0.4 is 0 Å². The van der Waals surface area contributed by atoms with Gasteiger partial charge in [-0.15, -0.1) is 11.3 Å². The number of ether oxygens (including phenoxy) is 2. The van der Waals surface area contributed by atoms with E-state index in [1.165, 1.54) is 25.2 Å². The Kier molecular flexibility index (Phi) is 8.41. The van der Waals surface area contributed by atoms with Crippen LogP contribution in [-0.2, 0) is 28.7 Å². The van der Waals surface area contributed by atoms with Gasteiger partial charge in [-0.05, 0) is 27.7 Å². The van der Waals surface area contributed by atoms with E-state index < -0.39 is 41.3 Å². The minimum atomic E-state index is -1.35. The van der Waals surface area contributed by atoms with Crippen LogP contribution in [-0.4, -0.2) is 41.7 Å². The Morgan fingerprint density at radius 2 is 1.40 bits per heavy atom. The lowest BCUT2D eigenvalue weighted by Gasteiger charge is -2.27. The van der Waals surface area contributed by atoms with E-state index in [0.717, 1.165) is 5.56 Å². The fourth-order valence-corrected chi connectivity index (χ4v) is 4.26. The predicted octanol–water partition coefficient (Wildman–Crippen LogP) is 3.43. The summed E-state index contributed by atoms with van der Waals surface area (Å²) in [4.78, 5) is 54.8. The average molecular weight is 432 g/mol. The lowest BCUT2D eigenvalue weighted by atomic mass is 9.78. The van der Waals surface area contributed by atoms with E-state index in [1.54, 1.807) is 19.2 Å². The first-order valence-corrected chi connectivity index (χ1v) is 10.5. The number of nitrogens with zero attached hydrogens (tertiary/aromatic N) is 1. The standard InChI is InChI=1S/C22H25NO6S/c1-5-28-21(26)17(13(3)24)19(18(14(4)25)22(27)29-6-2)20-23-16(12-30-20)15-10-8-7-9-11-15/h7-12,17-19H,5-6H2,1-4H3. The summed E-state index contributed by atoms with van der Waals surface area (Å²) in [6, 6.07) is 9.34. The number of rotatable bonds is 10. The molecule has 2 unspecified atom stereocenters. The highest BCUT2D eigenvalue weighted by atomic mass is 32.1. The van der Waals surface area contributed by atoms with E-state index >= 15 is 0 Å². The number of hydrogen-bond donors (Lipinski definition) is 0. The fraction of sp³-hybridized carbons (Fsp3) is 0.409. The average Bonchev–Trinajstić information content (AvgIpc) is 3.18. The maximum Gasteiger partial charge on any atom is 0.317 e. The van der Waals surface area contributed by atoms with E-state index in [2.05, 4.69) is 4.98 Å².